The molecular weight excluding hydrogens is 454 g/mol. The molecule has 3 rings (SSSR count). The fourth-order valence-corrected chi connectivity index (χ4v) is 3.36. The van der Waals surface area contributed by atoms with E-state index in [0.29, 0.717) is 17.4 Å². The lowest BCUT2D eigenvalue weighted by Gasteiger charge is -2.10. The number of rotatable bonds is 8. The number of amides is 1. The molecule has 0 fully saturated rings. The Labute approximate surface area is 181 Å². The first-order chi connectivity index (χ1) is 14.0. The van der Waals surface area contributed by atoms with E-state index in [4.69, 9.17) is 0 Å². The Hall–Kier alpha value is -2.72. The van der Waals surface area contributed by atoms with Crippen LogP contribution >= 0.6 is 27.7 Å². The number of carbonyl (C=O) groups is 1. The van der Waals surface area contributed by atoms with E-state index >= 15 is 0 Å². The number of nitrogens with zero attached hydrogens (tertiary/aromatic N) is 5. The summed E-state index contributed by atoms with van der Waals surface area (Å²) in [6.45, 7) is 2.32. The Balaban J connectivity index is 1.52. The highest BCUT2D eigenvalue weighted by atomic mass is 79.9. The molecule has 8 nitrogen and oxygen atoms in total. The van der Waals surface area contributed by atoms with Crippen LogP contribution in [0.4, 0.5) is 5.69 Å². The van der Waals surface area contributed by atoms with E-state index < -0.39 is 0 Å². The van der Waals surface area contributed by atoms with Crippen molar-refractivity contribution in [3.63, 3.8) is 0 Å². The van der Waals surface area contributed by atoms with Gasteiger partial charge >= 0.3 is 0 Å². The van der Waals surface area contributed by atoms with Crippen LogP contribution in [0.3, 0.4) is 0 Å². The van der Waals surface area contributed by atoms with Gasteiger partial charge in [-0.2, -0.15) is 5.10 Å². The molecule has 0 saturated carbocycles. The fourth-order valence-electron chi connectivity index (χ4n) is 2.27. The molecule has 1 amide bonds. The average molecular weight is 474 g/mol. The number of pyridine rings is 1. The first-order valence-electron chi connectivity index (χ1n) is 8.81. The van der Waals surface area contributed by atoms with Crippen LogP contribution in [0.1, 0.15) is 18.4 Å². The van der Waals surface area contributed by atoms with Crippen molar-refractivity contribution >= 4 is 45.5 Å². The summed E-state index contributed by atoms with van der Waals surface area (Å²) in [6.07, 6.45) is 3.17. The SMILES string of the molecule is C[C@H](Sc1nnc(CNc2ccc(Br)cc2)n1C)C(=O)NN=Cc1ccccn1. The quantitative estimate of drug-likeness (QED) is 0.296. The normalized spacial score (nSPS) is 12.1. The standard InChI is InChI=1S/C19H20BrN7OS/c1-13(18(28)25-23-11-16-5-3-4-10-21-16)29-19-26-24-17(27(19)2)12-22-15-8-6-14(20)7-9-15/h3-11,13,22H,12H2,1-2H3,(H,25,28)/t13-/m0/s1. The van der Waals surface area contributed by atoms with Crippen LogP contribution in [0.15, 0.2) is 63.4 Å². The number of hydrogen-bond donors (Lipinski definition) is 2. The maximum absolute atomic E-state index is 12.3. The van der Waals surface area contributed by atoms with E-state index in [1.54, 1.807) is 19.2 Å². The molecule has 1 aromatic carbocycles. The molecule has 0 aliphatic rings. The van der Waals surface area contributed by atoms with Gasteiger partial charge in [0.15, 0.2) is 11.0 Å². The largest absolute Gasteiger partial charge is 0.378 e. The highest BCUT2D eigenvalue weighted by Gasteiger charge is 2.18. The molecule has 0 unspecified atom stereocenters. The maximum atomic E-state index is 12.3. The first kappa shape index (κ1) is 21.0. The molecule has 0 aliphatic heterocycles. The highest BCUT2D eigenvalue weighted by molar-refractivity contribution is 9.10. The second-order valence-corrected chi connectivity index (χ2v) is 8.29. The molecular formula is C19H20BrN7OS. The van der Waals surface area contributed by atoms with Gasteiger partial charge in [-0.05, 0) is 43.3 Å². The van der Waals surface area contributed by atoms with Crippen molar-refractivity contribution in [3.8, 4) is 0 Å². The van der Waals surface area contributed by atoms with Crippen molar-refractivity contribution < 1.29 is 4.79 Å². The van der Waals surface area contributed by atoms with Crippen LogP contribution in [-0.4, -0.2) is 37.1 Å². The zero-order valence-corrected chi connectivity index (χ0v) is 18.3. The van der Waals surface area contributed by atoms with Gasteiger partial charge in [0.1, 0.15) is 0 Å². The third-order valence-electron chi connectivity index (χ3n) is 3.93. The van der Waals surface area contributed by atoms with Crippen LogP contribution in [-0.2, 0) is 18.4 Å². The van der Waals surface area contributed by atoms with Gasteiger partial charge in [-0.25, -0.2) is 5.43 Å². The van der Waals surface area contributed by atoms with E-state index in [2.05, 4.69) is 47.0 Å². The lowest BCUT2D eigenvalue weighted by molar-refractivity contribution is -0.120. The number of hydrogen-bond acceptors (Lipinski definition) is 7. The predicted octanol–water partition coefficient (Wildman–Crippen LogP) is 3.22. The molecule has 2 N–H and O–H groups in total. The van der Waals surface area contributed by atoms with Crippen molar-refractivity contribution in [3.05, 3.63) is 64.7 Å². The number of thioether (sulfide) groups is 1. The number of nitrogens with one attached hydrogen (secondary N) is 2. The zero-order valence-electron chi connectivity index (χ0n) is 15.9. The van der Waals surface area contributed by atoms with Crippen LogP contribution in [0.25, 0.3) is 0 Å². The van der Waals surface area contributed by atoms with Gasteiger partial charge in [0.05, 0.1) is 23.7 Å². The molecule has 150 valence electrons. The molecule has 29 heavy (non-hydrogen) atoms. The summed E-state index contributed by atoms with van der Waals surface area (Å²) >= 11 is 4.74. The molecule has 10 heteroatoms. The second kappa shape index (κ2) is 10.2. The molecule has 0 spiro atoms. The lowest BCUT2D eigenvalue weighted by Crippen LogP contribution is -2.27. The van der Waals surface area contributed by atoms with Gasteiger partial charge in [-0.3, -0.25) is 9.78 Å². The molecule has 0 aliphatic carbocycles. The molecule has 2 aromatic heterocycles. The lowest BCUT2D eigenvalue weighted by atomic mass is 10.3. The van der Waals surface area contributed by atoms with Crippen LogP contribution in [0.5, 0.6) is 0 Å². The number of anilines is 1. The summed E-state index contributed by atoms with van der Waals surface area (Å²) in [4.78, 5) is 16.4. The molecule has 0 bridgehead atoms. The summed E-state index contributed by atoms with van der Waals surface area (Å²) in [5.41, 5.74) is 4.19. The molecule has 0 saturated heterocycles. The Morgan fingerprint density at radius 3 is 2.79 bits per heavy atom. The number of halogens is 1. The van der Waals surface area contributed by atoms with Gasteiger partial charge in [0.25, 0.3) is 5.91 Å². The Kier molecular flexibility index (Phi) is 7.36. The van der Waals surface area contributed by atoms with Gasteiger partial charge in [-0.15, -0.1) is 10.2 Å². The first-order valence-corrected chi connectivity index (χ1v) is 10.5. The summed E-state index contributed by atoms with van der Waals surface area (Å²) in [5, 5.41) is 15.9. The topological polar surface area (TPSA) is 97.1 Å². The van der Waals surface area contributed by atoms with Crippen LogP contribution in [0, 0.1) is 0 Å². The monoisotopic (exact) mass is 473 g/mol. The Bertz CT molecular complexity index is 976. The van der Waals surface area contributed by atoms with Crippen molar-refractivity contribution in [2.45, 2.75) is 23.9 Å². The van der Waals surface area contributed by atoms with Crippen LogP contribution < -0.4 is 10.7 Å². The molecule has 1 atom stereocenters. The molecule has 2 heterocycles. The van der Waals surface area contributed by atoms with E-state index in [-0.39, 0.29) is 11.2 Å². The van der Waals surface area contributed by atoms with Crippen molar-refractivity contribution in [1.82, 2.24) is 25.2 Å². The average Bonchev–Trinajstić information content (AvgIpc) is 3.07. The smallest absolute Gasteiger partial charge is 0.253 e. The van der Waals surface area contributed by atoms with Gasteiger partial charge in [0, 0.05) is 23.4 Å². The molecule has 3 aromatic rings. The Morgan fingerprint density at radius 1 is 1.28 bits per heavy atom. The van der Waals surface area contributed by atoms with E-state index in [0.717, 1.165) is 16.0 Å². The predicted molar refractivity (Wildman–Crippen MR) is 118 cm³/mol. The van der Waals surface area contributed by atoms with Crippen molar-refractivity contribution in [2.24, 2.45) is 12.1 Å². The number of carbonyl (C=O) groups excluding carboxylic acids is 1. The highest BCUT2D eigenvalue weighted by Crippen LogP contribution is 2.22. The fraction of sp³-hybridized carbons (Fsp3) is 0.211. The van der Waals surface area contributed by atoms with Gasteiger partial charge in [0.2, 0.25) is 0 Å². The minimum absolute atomic E-state index is 0.222. The van der Waals surface area contributed by atoms with Crippen molar-refractivity contribution in [2.75, 3.05) is 5.32 Å². The minimum atomic E-state index is -0.383. The summed E-state index contributed by atoms with van der Waals surface area (Å²) < 4.78 is 2.90. The summed E-state index contributed by atoms with van der Waals surface area (Å²) in [6, 6.07) is 13.4. The maximum Gasteiger partial charge on any atom is 0.253 e. The zero-order chi connectivity index (χ0) is 20.6. The summed E-state index contributed by atoms with van der Waals surface area (Å²) in [7, 11) is 1.88. The second-order valence-electron chi connectivity index (χ2n) is 6.07. The number of aromatic nitrogens is 4. The van der Waals surface area contributed by atoms with E-state index in [1.165, 1.54) is 18.0 Å². The third kappa shape index (κ3) is 6.13. The number of hydrazone groups is 1. The molecule has 0 radical (unpaired) electrons. The van der Waals surface area contributed by atoms with E-state index in [1.807, 2.05) is 48.0 Å². The number of benzene rings is 1. The Morgan fingerprint density at radius 2 is 2.07 bits per heavy atom. The van der Waals surface area contributed by atoms with Crippen molar-refractivity contribution in [1.29, 1.82) is 0 Å². The van der Waals surface area contributed by atoms with Crippen LogP contribution in [0.2, 0.25) is 0 Å². The van der Waals surface area contributed by atoms with Gasteiger partial charge in [-0.1, -0.05) is 33.8 Å². The summed E-state index contributed by atoms with van der Waals surface area (Å²) in [5.74, 6) is 0.552. The van der Waals surface area contributed by atoms with E-state index in [9.17, 15) is 4.79 Å². The minimum Gasteiger partial charge on any atom is -0.378 e. The third-order valence-corrected chi connectivity index (χ3v) is 5.59. The van der Waals surface area contributed by atoms with Gasteiger partial charge < -0.3 is 9.88 Å².